The minimum absolute atomic E-state index is 0.135. The van der Waals surface area contributed by atoms with Gasteiger partial charge in [-0.1, -0.05) is 26.8 Å². The van der Waals surface area contributed by atoms with Crippen LogP contribution in [0.5, 0.6) is 0 Å². The molecule has 72 valence electrons. The fourth-order valence-corrected chi connectivity index (χ4v) is 1.47. The lowest BCUT2D eigenvalue weighted by Gasteiger charge is -2.10. The molecule has 4 heteroatoms. The van der Waals surface area contributed by atoms with Crippen LogP contribution in [0.3, 0.4) is 0 Å². The lowest BCUT2D eigenvalue weighted by Crippen LogP contribution is -2.04. The van der Waals surface area contributed by atoms with E-state index < -0.39 is 10.1 Å². The lowest BCUT2D eigenvalue weighted by atomic mass is 9.98. The van der Waals surface area contributed by atoms with Crippen molar-refractivity contribution >= 4 is 10.1 Å². The third kappa shape index (κ3) is 6.37. The molecule has 0 radical (unpaired) electrons. The molecule has 0 unspecified atom stereocenters. The van der Waals surface area contributed by atoms with Crippen molar-refractivity contribution in [2.75, 3.05) is 6.61 Å². The molecular formula is C8H16O3S. The van der Waals surface area contributed by atoms with E-state index in [1.165, 1.54) is 0 Å². The Labute approximate surface area is 74.6 Å². The van der Waals surface area contributed by atoms with Gasteiger partial charge in [0.15, 0.2) is 0 Å². The van der Waals surface area contributed by atoms with Gasteiger partial charge in [-0.15, -0.1) is 0 Å². The first-order chi connectivity index (χ1) is 5.27. The van der Waals surface area contributed by atoms with Crippen LogP contribution < -0.4 is 0 Å². The summed E-state index contributed by atoms with van der Waals surface area (Å²) in [4.78, 5) is 0. The van der Waals surface area contributed by atoms with Crippen LogP contribution in [0.2, 0.25) is 0 Å². The standard InChI is InChI=1S/C8H16O3S/c1-5-11-12(9,10)7-6-8(2,3)4/h6-7H,5H2,1-4H3/b7-6+. The first-order valence-electron chi connectivity index (χ1n) is 3.85. The van der Waals surface area contributed by atoms with Gasteiger partial charge in [0.2, 0.25) is 0 Å². The summed E-state index contributed by atoms with van der Waals surface area (Å²) in [6, 6.07) is 0. The Morgan fingerprint density at radius 3 is 2.17 bits per heavy atom. The van der Waals surface area contributed by atoms with Crippen molar-refractivity contribution in [1.29, 1.82) is 0 Å². The van der Waals surface area contributed by atoms with Crippen molar-refractivity contribution in [3.05, 3.63) is 11.5 Å². The maximum Gasteiger partial charge on any atom is 0.289 e. The molecule has 0 aliphatic carbocycles. The Morgan fingerprint density at radius 1 is 1.33 bits per heavy atom. The van der Waals surface area contributed by atoms with Gasteiger partial charge in [0, 0.05) is 0 Å². The van der Waals surface area contributed by atoms with Crippen LogP contribution >= 0.6 is 0 Å². The Bertz CT molecular complexity index is 244. The van der Waals surface area contributed by atoms with E-state index in [-0.39, 0.29) is 12.0 Å². The molecule has 0 aromatic rings. The highest BCUT2D eigenvalue weighted by atomic mass is 32.2. The van der Waals surface area contributed by atoms with Gasteiger partial charge in [-0.05, 0) is 12.3 Å². The predicted octanol–water partition coefficient (Wildman–Crippen LogP) is 1.91. The van der Waals surface area contributed by atoms with Gasteiger partial charge < -0.3 is 0 Å². The first-order valence-corrected chi connectivity index (χ1v) is 5.32. The van der Waals surface area contributed by atoms with E-state index in [1.54, 1.807) is 13.0 Å². The zero-order chi connectivity index (χ0) is 9.83. The molecule has 0 aliphatic heterocycles. The van der Waals surface area contributed by atoms with Crippen LogP contribution in [0.25, 0.3) is 0 Å². The molecule has 0 aromatic heterocycles. The van der Waals surface area contributed by atoms with E-state index in [1.807, 2.05) is 20.8 Å². The third-order valence-corrected chi connectivity index (χ3v) is 2.05. The van der Waals surface area contributed by atoms with Crippen LogP contribution in [-0.4, -0.2) is 15.0 Å². The fraction of sp³-hybridized carbons (Fsp3) is 0.750. The molecule has 0 saturated carbocycles. The maximum absolute atomic E-state index is 11.0. The SMILES string of the molecule is CCOS(=O)(=O)/C=C/C(C)(C)C. The smallest absolute Gasteiger partial charge is 0.267 e. The lowest BCUT2D eigenvalue weighted by molar-refractivity contribution is 0.344. The van der Waals surface area contributed by atoms with Crippen molar-refractivity contribution < 1.29 is 12.6 Å². The van der Waals surface area contributed by atoms with Crippen LogP contribution in [0.1, 0.15) is 27.7 Å². The quantitative estimate of drug-likeness (QED) is 0.641. The normalized spacial score (nSPS) is 14.0. The number of hydrogen-bond donors (Lipinski definition) is 0. The first kappa shape index (κ1) is 11.6. The van der Waals surface area contributed by atoms with Crippen molar-refractivity contribution in [2.45, 2.75) is 27.7 Å². The molecule has 12 heavy (non-hydrogen) atoms. The average Bonchev–Trinajstić information content (AvgIpc) is 1.83. The van der Waals surface area contributed by atoms with Gasteiger partial charge in [-0.3, -0.25) is 4.18 Å². The molecule has 0 heterocycles. The van der Waals surface area contributed by atoms with E-state index in [0.717, 1.165) is 5.41 Å². The summed E-state index contributed by atoms with van der Waals surface area (Å²) in [5, 5.41) is 1.11. The molecule has 0 fully saturated rings. The summed E-state index contributed by atoms with van der Waals surface area (Å²) >= 11 is 0. The molecule has 0 amide bonds. The number of rotatable bonds is 3. The van der Waals surface area contributed by atoms with Crippen molar-refractivity contribution in [3.63, 3.8) is 0 Å². The van der Waals surface area contributed by atoms with Crippen LogP contribution in [0.4, 0.5) is 0 Å². The molecular weight excluding hydrogens is 176 g/mol. The summed E-state index contributed by atoms with van der Waals surface area (Å²) in [6.07, 6.45) is 1.61. The molecule has 0 aromatic carbocycles. The van der Waals surface area contributed by atoms with E-state index in [2.05, 4.69) is 4.18 Å². The zero-order valence-corrected chi connectivity index (χ0v) is 8.81. The molecule has 0 aliphatic rings. The molecule has 3 nitrogen and oxygen atoms in total. The van der Waals surface area contributed by atoms with Gasteiger partial charge in [0.05, 0.1) is 12.0 Å². The molecule has 0 N–H and O–H groups in total. The Balaban J connectivity index is 4.35. The molecule has 0 rings (SSSR count). The highest BCUT2D eigenvalue weighted by molar-refractivity contribution is 7.89. The van der Waals surface area contributed by atoms with Gasteiger partial charge >= 0.3 is 0 Å². The number of allylic oxidation sites excluding steroid dienone is 1. The predicted molar refractivity (Wildman–Crippen MR) is 49.1 cm³/mol. The Morgan fingerprint density at radius 2 is 1.83 bits per heavy atom. The average molecular weight is 192 g/mol. The summed E-state index contributed by atoms with van der Waals surface area (Å²) in [5.41, 5.74) is -0.135. The van der Waals surface area contributed by atoms with E-state index in [4.69, 9.17) is 0 Å². The van der Waals surface area contributed by atoms with Crippen LogP contribution in [0.15, 0.2) is 11.5 Å². The molecule has 0 spiro atoms. The minimum atomic E-state index is -3.45. The van der Waals surface area contributed by atoms with Gasteiger partial charge in [0.1, 0.15) is 0 Å². The highest BCUT2D eigenvalue weighted by Gasteiger charge is 2.09. The summed E-state index contributed by atoms with van der Waals surface area (Å²) < 4.78 is 26.4. The van der Waals surface area contributed by atoms with Crippen molar-refractivity contribution in [2.24, 2.45) is 5.41 Å². The van der Waals surface area contributed by atoms with Crippen LogP contribution in [0, 0.1) is 5.41 Å². The minimum Gasteiger partial charge on any atom is -0.267 e. The number of hydrogen-bond acceptors (Lipinski definition) is 3. The van der Waals surface area contributed by atoms with E-state index in [0.29, 0.717) is 0 Å². The molecule has 0 bridgehead atoms. The topological polar surface area (TPSA) is 43.4 Å². The summed E-state index contributed by atoms with van der Waals surface area (Å²) in [6.45, 7) is 7.58. The van der Waals surface area contributed by atoms with E-state index >= 15 is 0 Å². The van der Waals surface area contributed by atoms with Crippen molar-refractivity contribution in [3.8, 4) is 0 Å². The third-order valence-electron chi connectivity index (χ3n) is 1.02. The Kier molecular flexibility index (Phi) is 3.93. The monoisotopic (exact) mass is 192 g/mol. The fourth-order valence-electron chi connectivity index (χ4n) is 0.491. The van der Waals surface area contributed by atoms with Crippen LogP contribution in [-0.2, 0) is 14.3 Å². The largest absolute Gasteiger partial charge is 0.289 e. The van der Waals surface area contributed by atoms with Crippen molar-refractivity contribution in [1.82, 2.24) is 0 Å². The summed E-state index contributed by atoms with van der Waals surface area (Å²) in [5.74, 6) is 0. The maximum atomic E-state index is 11.0. The van der Waals surface area contributed by atoms with Gasteiger partial charge in [-0.25, -0.2) is 0 Å². The zero-order valence-electron chi connectivity index (χ0n) is 7.99. The van der Waals surface area contributed by atoms with Gasteiger partial charge in [-0.2, -0.15) is 8.42 Å². The van der Waals surface area contributed by atoms with Gasteiger partial charge in [0.25, 0.3) is 10.1 Å². The second-order valence-electron chi connectivity index (χ2n) is 3.57. The second-order valence-corrected chi connectivity index (χ2v) is 5.06. The second kappa shape index (κ2) is 4.05. The Hall–Kier alpha value is -0.350. The highest BCUT2D eigenvalue weighted by Crippen LogP contribution is 2.15. The van der Waals surface area contributed by atoms with E-state index in [9.17, 15) is 8.42 Å². The molecule has 0 atom stereocenters. The molecule has 0 saturated heterocycles. The summed E-state index contributed by atoms with van der Waals surface area (Å²) in [7, 11) is -3.45.